The quantitative estimate of drug-likeness (QED) is 0.925. The maximum Gasteiger partial charge on any atom is 0.253 e. The van der Waals surface area contributed by atoms with Crippen LogP contribution >= 0.6 is 15.9 Å². The number of amides is 1. The summed E-state index contributed by atoms with van der Waals surface area (Å²) >= 11 is 3.39. The number of aromatic nitrogens is 1. The molecule has 19 heavy (non-hydrogen) atoms. The van der Waals surface area contributed by atoms with Crippen LogP contribution < -0.4 is 5.32 Å². The lowest BCUT2D eigenvalue weighted by Crippen LogP contribution is -2.26. The molecule has 0 unspecified atom stereocenters. The number of para-hydroxylation sites is 1. The van der Waals surface area contributed by atoms with Crippen LogP contribution in [0.3, 0.4) is 0 Å². The fraction of sp³-hybridized carbons (Fsp3) is 0.286. The van der Waals surface area contributed by atoms with E-state index in [1.807, 2.05) is 24.3 Å². The Morgan fingerprint density at radius 2 is 2.37 bits per heavy atom. The number of fused-ring (bicyclic) bond motifs is 1. The average Bonchev–Trinajstić information content (AvgIpc) is 2.92. The van der Waals surface area contributed by atoms with Gasteiger partial charge < -0.3 is 10.1 Å². The molecule has 0 aliphatic carbocycles. The first-order valence-electron chi connectivity index (χ1n) is 6.21. The summed E-state index contributed by atoms with van der Waals surface area (Å²) in [5.74, 6) is -0.0882. The number of hydrogen-bond acceptors (Lipinski definition) is 3. The van der Waals surface area contributed by atoms with Crippen LogP contribution in [-0.2, 0) is 9.53 Å². The summed E-state index contributed by atoms with van der Waals surface area (Å²) in [6, 6.07) is 7.70. The molecule has 1 fully saturated rings. The van der Waals surface area contributed by atoms with Crippen molar-refractivity contribution in [3.63, 3.8) is 0 Å². The molecule has 1 aromatic carbocycles. The zero-order chi connectivity index (χ0) is 13.2. The number of hydrogen-bond donors (Lipinski definition) is 1. The lowest BCUT2D eigenvalue weighted by atomic mass is 10.1. The Bertz CT molecular complexity index is 624. The van der Waals surface area contributed by atoms with Gasteiger partial charge in [0.05, 0.1) is 11.2 Å². The first-order valence-corrected chi connectivity index (χ1v) is 7.00. The van der Waals surface area contributed by atoms with Crippen LogP contribution in [0.1, 0.15) is 12.8 Å². The third-order valence-corrected chi connectivity index (χ3v) is 3.59. The predicted molar refractivity (Wildman–Crippen MR) is 77.0 cm³/mol. The van der Waals surface area contributed by atoms with Crippen molar-refractivity contribution >= 4 is 38.4 Å². The van der Waals surface area contributed by atoms with E-state index in [2.05, 4.69) is 26.2 Å². The van der Waals surface area contributed by atoms with Crippen LogP contribution in [0, 0.1) is 0 Å². The van der Waals surface area contributed by atoms with Gasteiger partial charge in [0.1, 0.15) is 6.10 Å². The van der Waals surface area contributed by atoms with Gasteiger partial charge in [-0.15, -0.1) is 0 Å². The molecule has 1 saturated heterocycles. The fourth-order valence-electron chi connectivity index (χ4n) is 2.23. The summed E-state index contributed by atoms with van der Waals surface area (Å²) in [5.41, 5.74) is 1.52. The Morgan fingerprint density at radius 1 is 1.47 bits per heavy atom. The van der Waals surface area contributed by atoms with Gasteiger partial charge in [0.15, 0.2) is 0 Å². The van der Waals surface area contributed by atoms with E-state index in [0.29, 0.717) is 6.61 Å². The van der Waals surface area contributed by atoms with Gasteiger partial charge in [-0.25, -0.2) is 0 Å². The molecule has 4 nitrogen and oxygen atoms in total. The summed E-state index contributed by atoms with van der Waals surface area (Å²) in [4.78, 5) is 16.4. The summed E-state index contributed by atoms with van der Waals surface area (Å²) in [6.45, 7) is 0.665. The second-order valence-corrected chi connectivity index (χ2v) is 5.44. The van der Waals surface area contributed by atoms with Crippen molar-refractivity contribution in [1.82, 2.24) is 4.98 Å². The molecule has 1 aromatic heterocycles. The van der Waals surface area contributed by atoms with Crippen molar-refractivity contribution in [2.45, 2.75) is 18.9 Å². The third kappa shape index (κ3) is 2.62. The summed E-state index contributed by atoms with van der Waals surface area (Å²) in [5, 5.41) is 3.89. The van der Waals surface area contributed by atoms with E-state index in [-0.39, 0.29) is 12.0 Å². The monoisotopic (exact) mass is 320 g/mol. The Labute approximate surface area is 119 Å². The van der Waals surface area contributed by atoms with Gasteiger partial charge >= 0.3 is 0 Å². The minimum atomic E-state index is -0.328. The lowest BCUT2D eigenvalue weighted by Gasteiger charge is -2.12. The second kappa shape index (κ2) is 5.27. The van der Waals surface area contributed by atoms with Crippen molar-refractivity contribution in [3.05, 3.63) is 34.9 Å². The van der Waals surface area contributed by atoms with E-state index in [0.717, 1.165) is 33.9 Å². The number of carbonyl (C=O) groups is 1. The summed E-state index contributed by atoms with van der Waals surface area (Å²) in [7, 11) is 0. The number of pyridine rings is 1. The highest BCUT2D eigenvalue weighted by Gasteiger charge is 2.23. The van der Waals surface area contributed by atoms with Crippen LogP contribution in [0.15, 0.2) is 34.9 Å². The summed E-state index contributed by atoms with van der Waals surface area (Å²) < 4.78 is 6.30. The first kappa shape index (κ1) is 12.6. The van der Waals surface area contributed by atoms with Crippen LogP contribution in [-0.4, -0.2) is 23.6 Å². The van der Waals surface area contributed by atoms with Crippen molar-refractivity contribution in [1.29, 1.82) is 0 Å². The number of carbonyl (C=O) groups excluding carboxylic acids is 1. The fourth-order valence-corrected chi connectivity index (χ4v) is 2.58. The molecule has 0 bridgehead atoms. The van der Waals surface area contributed by atoms with Crippen molar-refractivity contribution in [2.75, 3.05) is 11.9 Å². The van der Waals surface area contributed by atoms with Gasteiger partial charge in [0.25, 0.3) is 5.91 Å². The normalized spacial score (nSPS) is 18.7. The molecule has 1 aliphatic rings. The van der Waals surface area contributed by atoms with Crippen LogP contribution in [0.2, 0.25) is 0 Å². The molecular formula is C14H13BrN2O2. The van der Waals surface area contributed by atoms with E-state index in [9.17, 15) is 4.79 Å². The van der Waals surface area contributed by atoms with Crippen molar-refractivity contribution in [2.24, 2.45) is 0 Å². The maximum absolute atomic E-state index is 12.1. The molecule has 1 aliphatic heterocycles. The number of nitrogens with one attached hydrogen (secondary N) is 1. The van der Waals surface area contributed by atoms with Gasteiger partial charge in [-0.1, -0.05) is 12.1 Å². The Balaban J connectivity index is 1.90. The largest absolute Gasteiger partial charge is 0.368 e. The lowest BCUT2D eigenvalue weighted by molar-refractivity contribution is -0.124. The molecule has 1 amide bonds. The SMILES string of the molecule is O=C(Nc1cccc2cc(Br)cnc12)[C@@H]1CCCO1. The van der Waals surface area contributed by atoms with E-state index < -0.39 is 0 Å². The average molecular weight is 321 g/mol. The third-order valence-electron chi connectivity index (χ3n) is 3.16. The molecule has 1 atom stereocenters. The minimum absolute atomic E-state index is 0.0882. The van der Waals surface area contributed by atoms with Gasteiger partial charge in [-0.2, -0.15) is 0 Å². The van der Waals surface area contributed by atoms with E-state index in [1.54, 1.807) is 6.20 Å². The van der Waals surface area contributed by atoms with Crippen LogP contribution in [0.5, 0.6) is 0 Å². The summed E-state index contributed by atoms with van der Waals surface area (Å²) in [6.07, 6.45) is 3.13. The molecule has 3 rings (SSSR count). The van der Waals surface area contributed by atoms with E-state index in [1.165, 1.54) is 0 Å². The van der Waals surface area contributed by atoms with Crippen LogP contribution in [0.25, 0.3) is 10.9 Å². The van der Waals surface area contributed by atoms with Gasteiger partial charge in [0, 0.05) is 22.7 Å². The number of nitrogens with zero attached hydrogens (tertiary/aromatic N) is 1. The van der Waals surface area contributed by atoms with E-state index >= 15 is 0 Å². The molecule has 0 saturated carbocycles. The Kier molecular flexibility index (Phi) is 3.48. The Hall–Kier alpha value is -1.46. The zero-order valence-corrected chi connectivity index (χ0v) is 11.8. The van der Waals surface area contributed by atoms with Gasteiger partial charge in [0.2, 0.25) is 0 Å². The van der Waals surface area contributed by atoms with Crippen molar-refractivity contribution in [3.8, 4) is 0 Å². The zero-order valence-electron chi connectivity index (χ0n) is 10.2. The number of rotatable bonds is 2. The molecule has 5 heteroatoms. The van der Waals surface area contributed by atoms with Crippen LogP contribution in [0.4, 0.5) is 5.69 Å². The number of benzene rings is 1. The standard InChI is InChI=1S/C14H13BrN2O2/c15-10-7-9-3-1-4-11(13(9)16-8-10)17-14(18)12-5-2-6-19-12/h1,3-4,7-8,12H,2,5-6H2,(H,17,18)/t12-/m0/s1. The molecule has 98 valence electrons. The highest BCUT2D eigenvalue weighted by Crippen LogP contribution is 2.24. The molecule has 2 aromatic rings. The van der Waals surface area contributed by atoms with E-state index in [4.69, 9.17) is 4.74 Å². The molecule has 1 N–H and O–H groups in total. The smallest absolute Gasteiger partial charge is 0.253 e. The van der Waals surface area contributed by atoms with Gasteiger partial charge in [-0.3, -0.25) is 9.78 Å². The molecule has 0 spiro atoms. The first-order chi connectivity index (χ1) is 9.24. The Morgan fingerprint density at radius 3 is 3.16 bits per heavy atom. The highest BCUT2D eigenvalue weighted by molar-refractivity contribution is 9.10. The topological polar surface area (TPSA) is 51.2 Å². The molecule has 2 heterocycles. The predicted octanol–water partition coefficient (Wildman–Crippen LogP) is 3.11. The number of anilines is 1. The maximum atomic E-state index is 12.1. The van der Waals surface area contributed by atoms with Crippen molar-refractivity contribution < 1.29 is 9.53 Å². The number of halogens is 1. The van der Waals surface area contributed by atoms with Gasteiger partial charge in [-0.05, 0) is 40.9 Å². The highest BCUT2D eigenvalue weighted by atomic mass is 79.9. The molecule has 0 radical (unpaired) electrons. The minimum Gasteiger partial charge on any atom is -0.368 e. The molecular weight excluding hydrogens is 308 g/mol. The second-order valence-electron chi connectivity index (χ2n) is 4.52. The number of ether oxygens (including phenoxy) is 1.